The quantitative estimate of drug-likeness (QED) is 0.796. The molecule has 1 fully saturated rings. The normalized spacial score (nSPS) is 18.1. The minimum atomic E-state index is -0.323. The van der Waals surface area contributed by atoms with Crippen molar-refractivity contribution in [3.63, 3.8) is 0 Å². The Labute approximate surface area is 159 Å². The number of benzene rings is 1. The topological polar surface area (TPSA) is 75.2 Å². The Bertz CT molecular complexity index is 766. The molecule has 1 N–H and O–H groups in total. The van der Waals surface area contributed by atoms with E-state index in [-0.39, 0.29) is 17.1 Å². The van der Waals surface area contributed by atoms with Crippen LogP contribution >= 0.6 is 34.7 Å². The van der Waals surface area contributed by atoms with Crippen LogP contribution < -0.4 is 5.32 Å². The van der Waals surface area contributed by atoms with Gasteiger partial charge in [-0.25, -0.2) is 0 Å². The molecule has 1 aliphatic rings. The van der Waals surface area contributed by atoms with Gasteiger partial charge in [-0.05, 0) is 37.1 Å². The van der Waals surface area contributed by atoms with Gasteiger partial charge in [0.1, 0.15) is 0 Å². The lowest BCUT2D eigenvalue weighted by atomic mass is 10.2. The molecule has 0 bridgehead atoms. The van der Waals surface area contributed by atoms with E-state index in [9.17, 15) is 9.59 Å². The number of aromatic nitrogens is 2. The number of nitrogens with zero attached hydrogens (tertiary/aromatic N) is 3. The van der Waals surface area contributed by atoms with E-state index in [1.807, 2.05) is 0 Å². The molecular formula is C16H17ClN4O2S2. The number of likely N-dealkylation sites (tertiary alicyclic amines) is 1. The Morgan fingerprint density at radius 1 is 1.32 bits per heavy atom. The lowest BCUT2D eigenvalue weighted by molar-refractivity contribution is -0.127. The van der Waals surface area contributed by atoms with Gasteiger partial charge in [0.15, 0.2) is 4.34 Å². The maximum absolute atomic E-state index is 12.9. The molecule has 1 saturated heterocycles. The first-order chi connectivity index (χ1) is 12.1. The first-order valence-corrected chi connectivity index (χ1v) is 9.95. The van der Waals surface area contributed by atoms with Crippen LogP contribution in [0.3, 0.4) is 0 Å². The van der Waals surface area contributed by atoms with Crippen LogP contribution in [0.2, 0.25) is 5.02 Å². The maximum Gasteiger partial charge on any atom is 0.260 e. The van der Waals surface area contributed by atoms with E-state index in [0.29, 0.717) is 22.3 Å². The highest BCUT2D eigenvalue weighted by Crippen LogP contribution is 2.33. The zero-order valence-corrected chi connectivity index (χ0v) is 16.0. The number of imide groups is 1. The van der Waals surface area contributed by atoms with Crippen molar-refractivity contribution in [3.8, 4) is 0 Å². The molecule has 0 spiro atoms. The summed E-state index contributed by atoms with van der Waals surface area (Å²) in [5.41, 5.74) is 0.469. The van der Waals surface area contributed by atoms with Gasteiger partial charge in [-0.3, -0.25) is 14.5 Å². The van der Waals surface area contributed by atoms with Gasteiger partial charge in [-0.1, -0.05) is 41.1 Å². The van der Waals surface area contributed by atoms with Crippen molar-refractivity contribution in [2.24, 2.45) is 0 Å². The van der Waals surface area contributed by atoms with Crippen molar-refractivity contribution in [1.82, 2.24) is 15.1 Å². The summed E-state index contributed by atoms with van der Waals surface area (Å²) in [6.45, 7) is 0.440. The van der Waals surface area contributed by atoms with Crippen LogP contribution in [0.4, 0.5) is 5.13 Å². The number of halogens is 1. The molecule has 2 amide bonds. The van der Waals surface area contributed by atoms with Crippen molar-refractivity contribution >= 4 is 51.6 Å². The fraction of sp³-hybridized carbons (Fsp3) is 0.375. The molecule has 2 heterocycles. The van der Waals surface area contributed by atoms with Crippen molar-refractivity contribution in [3.05, 3.63) is 34.9 Å². The van der Waals surface area contributed by atoms with Crippen LogP contribution in [0.15, 0.2) is 28.6 Å². The SMILES string of the molecule is CNc1nnc(S[C@H]2CCCCN(C(=O)c3ccc(Cl)cc3)C2=O)s1. The minimum absolute atomic E-state index is 0.163. The number of carbonyl (C=O) groups is 2. The number of hydrogen-bond acceptors (Lipinski definition) is 7. The fourth-order valence-corrected chi connectivity index (χ4v) is 4.72. The monoisotopic (exact) mass is 396 g/mol. The lowest BCUT2D eigenvalue weighted by Gasteiger charge is -2.22. The molecule has 1 aromatic heterocycles. The smallest absolute Gasteiger partial charge is 0.260 e. The van der Waals surface area contributed by atoms with Crippen LogP contribution in [-0.2, 0) is 4.79 Å². The summed E-state index contributed by atoms with van der Waals surface area (Å²) < 4.78 is 0.725. The predicted octanol–water partition coefficient (Wildman–Crippen LogP) is 3.55. The van der Waals surface area contributed by atoms with Crippen molar-refractivity contribution in [2.75, 3.05) is 18.9 Å². The maximum atomic E-state index is 12.9. The summed E-state index contributed by atoms with van der Waals surface area (Å²) in [5.74, 6) is -0.439. The van der Waals surface area contributed by atoms with E-state index in [2.05, 4.69) is 15.5 Å². The van der Waals surface area contributed by atoms with Crippen LogP contribution in [0.1, 0.15) is 29.6 Å². The van der Waals surface area contributed by atoms with Gasteiger partial charge in [0.05, 0.1) is 5.25 Å². The third-order valence-electron chi connectivity index (χ3n) is 3.84. The molecule has 1 atom stereocenters. The third kappa shape index (κ3) is 4.31. The summed E-state index contributed by atoms with van der Waals surface area (Å²) in [5, 5.41) is 11.9. The average molecular weight is 397 g/mol. The second kappa shape index (κ2) is 8.16. The van der Waals surface area contributed by atoms with E-state index < -0.39 is 0 Å². The van der Waals surface area contributed by atoms with Crippen LogP contribution in [0.5, 0.6) is 0 Å². The Kier molecular flexibility index (Phi) is 5.93. The highest BCUT2D eigenvalue weighted by atomic mass is 35.5. The molecule has 25 heavy (non-hydrogen) atoms. The number of thioether (sulfide) groups is 1. The Hall–Kier alpha value is -1.64. The third-order valence-corrected chi connectivity index (χ3v) is 6.37. The lowest BCUT2D eigenvalue weighted by Crippen LogP contribution is -2.41. The summed E-state index contributed by atoms with van der Waals surface area (Å²) >= 11 is 8.66. The second-order valence-electron chi connectivity index (χ2n) is 5.53. The molecule has 9 heteroatoms. The number of carbonyl (C=O) groups excluding carboxylic acids is 2. The predicted molar refractivity (Wildman–Crippen MR) is 100 cm³/mol. The average Bonchev–Trinajstić information content (AvgIpc) is 3.00. The molecule has 1 aromatic carbocycles. The van der Waals surface area contributed by atoms with Crippen molar-refractivity contribution in [1.29, 1.82) is 0 Å². The molecule has 0 radical (unpaired) electrons. The molecule has 6 nitrogen and oxygen atoms in total. The Morgan fingerprint density at radius 3 is 2.76 bits per heavy atom. The number of amides is 2. The minimum Gasteiger partial charge on any atom is -0.363 e. The van der Waals surface area contributed by atoms with Gasteiger partial charge in [0.2, 0.25) is 11.0 Å². The van der Waals surface area contributed by atoms with Gasteiger partial charge >= 0.3 is 0 Å². The Balaban J connectivity index is 1.76. The number of nitrogens with one attached hydrogen (secondary N) is 1. The Morgan fingerprint density at radius 2 is 2.08 bits per heavy atom. The van der Waals surface area contributed by atoms with Gasteiger partial charge in [-0.15, -0.1) is 10.2 Å². The van der Waals surface area contributed by atoms with Gasteiger partial charge in [-0.2, -0.15) is 0 Å². The van der Waals surface area contributed by atoms with Gasteiger partial charge in [0.25, 0.3) is 5.91 Å². The molecule has 0 aliphatic carbocycles. The molecular weight excluding hydrogens is 380 g/mol. The number of rotatable bonds is 4. The van der Waals surface area contributed by atoms with E-state index in [1.54, 1.807) is 31.3 Å². The summed E-state index contributed by atoms with van der Waals surface area (Å²) in [6, 6.07) is 6.61. The van der Waals surface area contributed by atoms with E-state index in [0.717, 1.165) is 23.6 Å². The molecule has 132 valence electrons. The molecule has 0 saturated carbocycles. The van der Waals surface area contributed by atoms with Gasteiger partial charge in [0, 0.05) is 24.2 Å². The zero-order chi connectivity index (χ0) is 17.8. The van der Waals surface area contributed by atoms with E-state index >= 15 is 0 Å². The molecule has 3 rings (SSSR count). The summed E-state index contributed by atoms with van der Waals surface area (Å²) in [4.78, 5) is 27.0. The van der Waals surface area contributed by atoms with Crippen LogP contribution in [0, 0.1) is 0 Å². The van der Waals surface area contributed by atoms with Crippen LogP contribution in [0.25, 0.3) is 0 Å². The first kappa shape index (κ1) is 18.2. The van der Waals surface area contributed by atoms with E-state index in [4.69, 9.17) is 11.6 Å². The van der Waals surface area contributed by atoms with Gasteiger partial charge < -0.3 is 5.32 Å². The number of anilines is 1. The zero-order valence-electron chi connectivity index (χ0n) is 13.6. The standard InChI is InChI=1S/C16H17ClN4O2S2/c1-18-15-19-20-16(25-15)24-12-4-2-3-9-21(14(12)23)13(22)10-5-7-11(17)8-6-10/h5-8,12H,2-4,9H2,1H3,(H,18,19)/t12-/m0/s1. The van der Waals surface area contributed by atoms with E-state index in [1.165, 1.54) is 28.0 Å². The summed E-state index contributed by atoms with van der Waals surface area (Å²) in [7, 11) is 1.78. The molecule has 1 aliphatic heterocycles. The second-order valence-corrected chi connectivity index (χ2v) is 8.39. The van der Waals surface area contributed by atoms with Crippen LogP contribution in [-0.4, -0.2) is 45.8 Å². The molecule has 2 aromatic rings. The highest BCUT2D eigenvalue weighted by Gasteiger charge is 2.32. The van der Waals surface area contributed by atoms with Crippen molar-refractivity contribution < 1.29 is 9.59 Å². The first-order valence-electron chi connectivity index (χ1n) is 7.87. The summed E-state index contributed by atoms with van der Waals surface area (Å²) in [6.07, 6.45) is 2.42. The molecule has 0 unspecified atom stereocenters. The number of hydrogen-bond donors (Lipinski definition) is 1. The fourth-order valence-electron chi connectivity index (χ4n) is 2.55. The largest absolute Gasteiger partial charge is 0.363 e. The van der Waals surface area contributed by atoms with Crippen molar-refractivity contribution in [2.45, 2.75) is 28.9 Å². The highest BCUT2D eigenvalue weighted by molar-refractivity contribution is 8.02.